The SMILES string of the molecule is N#Cc1cc(F)c(N[C@@H]2CCC[C@H](NC(=O)N3CCCC3)C2)nc1Cl. The molecule has 0 radical (unpaired) electrons. The normalized spacial score (nSPS) is 23.2. The lowest BCUT2D eigenvalue weighted by molar-refractivity contribution is 0.199. The molecule has 1 aromatic rings. The molecule has 1 aromatic heterocycles. The summed E-state index contributed by atoms with van der Waals surface area (Å²) in [7, 11) is 0. The monoisotopic (exact) mass is 365 g/mol. The fraction of sp³-hybridized carbons (Fsp3) is 0.588. The van der Waals surface area contributed by atoms with Crippen LogP contribution in [0, 0.1) is 17.1 Å². The number of amides is 2. The molecule has 2 atom stereocenters. The van der Waals surface area contributed by atoms with Gasteiger partial charge in [0.25, 0.3) is 0 Å². The van der Waals surface area contributed by atoms with Crippen molar-refractivity contribution < 1.29 is 9.18 Å². The van der Waals surface area contributed by atoms with Gasteiger partial charge in [-0.3, -0.25) is 0 Å². The number of nitrogens with zero attached hydrogens (tertiary/aromatic N) is 3. The average molecular weight is 366 g/mol. The molecular weight excluding hydrogens is 345 g/mol. The largest absolute Gasteiger partial charge is 0.365 e. The highest BCUT2D eigenvalue weighted by Crippen LogP contribution is 2.25. The lowest BCUT2D eigenvalue weighted by Crippen LogP contribution is -2.47. The predicted octanol–water partition coefficient (Wildman–Crippen LogP) is 3.27. The van der Waals surface area contributed by atoms with Crippen LogP contribution in [0.25, 0.3) is 0 Å². The van der Waals surface area contributed by atoms with E-state index >= 15 is 0 Å². The van der Waals surface area contributed by atoms with Crippen molar-refractivity contribution in [2.45, 2.75) is 50.6 Å². The number of urea groups is 1. The van der Waals surface area contributed by atoms with E-state index in [0.29, 0.717) is 6.42 Å². The molecule has 2 N–H and O–H groups in total. The van der Waals surface area contributed by atoms with E-state index < -0.39 is 5.82 Å². The van der Waals surface area contributed by atoms with Gasteiger partial charge in [0, 0.05) is 25.2 Å². The van der Waals surface area contributed by atoms with Gasteiger partial charge in [0.1, 0.15) is 11.2 Å². The summed E-state index contributed by atoms with van der Waals surface area (Å²) in [5.41, 5.74) is 0.0177. The van der Waals surface area contributed by atoms with Crippen molar-refractivity contribution in [2.75, 3.05) is 18.4 Å². The van der Waals surface area contributed by atoms with E-state index in [1.54, 1.807) is 0 Å². The molecule has 134 valence electrons. The fourth-order valence-corrected chi connectivity index (χ4v) is 3.66. The van der Waals surface area contributed by atoms with Crippen molar-refractivity contribution in [3.05, 3.63) is 22.6 Å². The van der Waals surface area contributed by atoms with E-state index in [0.717, 1.165) is 51.3 Å². The molecule has 2 amide bonds. The number of anilines is 1. The molecule has 1 saturated heterocycles. The Bertz CT molecular complexity index is 686. The van der Waals surface area contributed by atoms with Crippen LogP contribution in [0.1, 0.15) is 44.1 Å². The molecule has 25 heavy (non-hydrogen) atoms. The smallest absolute Gasteiger partial charge is 0.317 e. The van der Waals surface area contributed by atoms with Crippen LogP contribution >= 0.6 is 11.6 Å². The van der Waals surface area contributed by atoms with Gasteiger partial charge < -0.3 is 15.5 Å². The first-order valence-corrected chi connectivity index (χ1v) is 9.02. The van der Waals surface area contributed by atoms with Crippen LogP contribution in [0.2, 0.25) is 5.15 Å². The number of nitriles is 1. The summed E-state index contributed by atoms with van der Waals surface area (Å²) in [6, 6.07) is 2.96. The number of nitrogens with one attached hydrogen (secondary N) is 2. The van der Waals surface area contributed by atoms with Gasteiger partial charge in [-0.2, -0.15) is 5.26 Å². The van der Waals surface area contributed by atoms with Gasteiger partial charge in [0.2, 0.25) is 0 Å². The maximum atomic E-state index is 14.1. The molecule has 3 rings (SSSR count). The maximum Gasteiger partial charge on any atom is 0.317 e. The van der Waals surface area contributed by atoms with Gasteiger partial charge >= 0.3 is 6.03 Å². The summed E-state index contributed by atoms with van der Waals surface area (Å²) in [5.74, 6) is -0.537. The van der Waals surface area contributed by atoms with Crippen LogP contribution in [0.15, 0.2) is 6.07 Å². The number of hydrogen-bond donors (Lipinski definition) is 2. The predicted molar refractivity (Wildman–Crippen MR) is 92.9 cm³/mol. The lowest BCUT2D eigenvalue weighted by atomic mass is 9.91. The minimum absolute atomic E-state index is 0.00336. The third-order valence-electron chi connectivity index (χ3n) is 4.79. The van der Waals surface area contributed by atoms with Crippen LogP contribution in [-0.2, 0) is 0 Å². The van der Waals surface area contributed by atoms with Crippen molar-refractivity contribution in [1.82, 2.24) is 15.2 Å². The zero-order valence-electron chi connectivity index (χ0n) is 13.9. The van der Waals surface area contributed by atoms with E-state index in [-0.39, 0.29) is 34.6 Å². The summed E-state index contributed by atoms with van der Waals surface area (Å²) in [4.78, 5) is 18.0. The molecule has 2 fully saturated rings. The minimum Gasteiger partial charge on any atom is -0.365 e. The molecule has 2 heterocycles. The Morgan fingerprint density at radius 3 is 2.76 bits per heavy atom. The number of rotatable bonds is 3. The standard InChI is InChI=1S/C17H21ClFN5O/c18-15-11(10-20)8-14(19)16(23-15)21-12-4-3-5-13(9-12)22-17(25)24-6-1-2-7-24/h8,12-13H,1-7,9H2,(H,21,23)(H,22,25)/t12-,13+/m1/s1. The van der Waals surface area contributed by atoms with Crippen molar-refractivity contribution >= 4 is 23.4 Å². The van der Waals surface area contributed by atoms with E-state index in [1.807, 2.05) is 11.0 Å². The van der Waals surface area contributed by atoms with Crippen LogP contribution < -0.4 is 10.6 Å². The van der Waals surface area contributed by atoms with Crippen LogP contribution in [0.4, 0.5) is 15.0 Å². The first-order chi connectivity index (χ1) is 12.1. The summed E-state index contributed by atoms with van der Waals surface area (Å²) in [6.07, 6.45) is 5.56. The molecule has 1 aliphatic heterocycles. The second-order valence-electron chi connectivity index (χ2n) is 6.62. The van der Waals surface area contributed by atoms with E-state index in [1.165, 1.54) is 0 Å². The number of hydrogen-bond acceptors (Lipinski definition) is 4. The number of carbonyl (C=O) groups excluding carboxylic acids is 1. The van der Waals surface area contributed by atoms with Crippen molar-refractivity contribution in [2.24, 2.45) is 0 Å². The molecular formula is C17H21ClFN5O. The Morgan fingerprint density at radius 2 is 2.04 bits per heavy atom. The van der Waals surface area contributed by atoms with Crippen molar-refractivity contribution in [3.8, 4) is 6.07 Å². The summed E-state index contributed by atoms with van der Waals surface area (Å²) in [5, 5.41) is 15.0. The molecule has 8 heteroatoms. The molecule has 1 saturated carbocycles. The van der Waals surface area contributed by atoms with Crippen LogP contribution in [0.5, 0.6) is 0 Å². The zero-order chi connectivity index (χ0) is 17.8. The average Bonchev–Trinajstić information content (AvgIpc) is 3.13. The molecule has 0 spiro atoms. The molecule has 0 aromatic carbocycles. The molecule has 0 bridgehead atoms. The van der Waals surface area contributed by atoms with E-state index in [9.17, 15) is 9.18 Å². The summed E-state index contributed by atoms with van der Waals surface area (Å²) >= 11 is 5.89. The highest BCUT2D eigenvalue weighted by atomic mass is 35.5. The van der Waals surface area contributed by atoms with E-state index in [4.69, 9.17) is 16.9 Å². The third kappa shape index (κ3) is 4.31. The fourth-order valence-electron chi connectivity index (χ4n) is 3.48. The minimum atomic E-state index is -0.593. The Labute approximate surface area is 151 Å². The van der Waals surface area contributed by atoms with Gasteiger partial charge in [-0.15, -0.1) is 0 Å². The third-order valence-corrected chi connectivity index (χ3v) is 5.07. The maximum absolute atomic E-state index is 14.1. The highest BCUT2D eigenvalue weighted by Gasteiger charge is 2.27. The van der Waals surface area contributed by atoms with Gasteiger partial charge in [0.05, 0.1) is 5.56 Å². The molecule has 2 aliphatic rings. The summed E-state index contributed by atoms with van der Waals surface area (Å²) in [6.45, 7) is 1.64. The first kappa shape index (κ1) is 17.7. The van der Waals surface area contributed by atoms with E-state index in [2.05, 4.69) is 15.6 Å². The molecule has 6 nitrogen and oxygen atoms in total. The summed E-state index contributed by atoms with van der Waals surface area (Å²) < 4.78 is 14.1. The Morgan fingerprint density at radius 1 is 1.32 bits per heavy atom. The first-order valence-electron chi connectivity index (χ1n) is 8.65. The van der Waals surface area contributed by atoms with Gasteiger partial charge in [-0.05, 0) is 44.6 Å². The Hall–Kier alpha value is -2.07. The molecule has 1 aliphatic carbocycles. The second kappa shape index (κ2) is 7.87. The Balaban J connectivity index is 1.59. The lowest BCUT2D eigenvalue weighted by Gasteiger charge is -2.32. The zero-order valence-corrected chi connectivity index (χ0v) is 14.7. The topological polar surface area (TPSA) is 81.0 Å². The number of halogens is 2. The van der Waals surface area contributed by atoms with Gasteiger partial charge in [-0.1, -0.05) is 11.6 Å². The Kier molecular flexibility index (Phi) is 5.59. The number of aromatic nitrogens is 1. The van der Waals surface area contributed by atoms with Crippen molar-refractivity contribution in [3.63, 3.8) is 0 Å². The number of pyridine rings is 1. The van der Waals surface area contributed by atoms with Crippen LogP contribution in [0.3, 0.4) is 0 Å². The van der Waals surface area contributed by atoms with Gasteiger partial charge in [0.15, 0.2) is 11.6 Å². The van der Waals surface area contributed by atoms with Gasteiger partial charge in [-0.25, -0.2) is 14.2 Å². The highest BCUT2D eigenvalue weighted by molar-refractivity contribution is 6.30. The second-order valence-corrected chi connectivity index (χ2v) is 6.98. The van der Waals surface area contributed by atoms with Crippen LogP contribution in [-0.4, -0.2) is 41.1 Å². The number of carbonyl (C=O) groups is 1. The van der Waals surface area contributed by atoms with Crippen molar-refractivity contribution in [1.29, 1.82) is 5.26 Å². The molecule has 0 unspecified atom stereocenters. The number of likely N-dealkylation sites (tertiary alicyclic amines) is 1. The quantitative estimate of drug-likeness (QED) is 0.805.